The lowest BCUT2D eigenvalue weighted by atomic mass is 10.2. The Morgan fingerprint density at radius 1 is 1.14 bits per heavy atom. The molecule has 0 saturated carbocycles. The minimum absolute atomic E-state index is 0.356. The number of hydrogen-bond donors (Lipinski definition) is 1. The van der Waals surface area contributed by atoms with Gasteiger partial charge in [0.2, 0.25) is 5.95 Å². The largest absolute Gasteiger partial charge is 0.368 e. The molecule has 1 heterocycles. The smallest absolute Gasteiger partial charge is 0.222 e. The summed E-state index contributed by atoms with van der Waals surface area (Å²) >= 11 is 0. The number of aryl methyl sites for hydroxylation is 1. The molecule has 0 saturated heterocycles. The van der Waals surface area contributed by atoms with Crippen LogP contribution in [0.25, 0.3) is 0 Å². The van der Waals surface area contributed by atoms with E-state index in [2.05, 4.69) is 28.7 Å². The molecular weight excluding hydrogens is 176 g/mol. The van der Waals surface area contributed by atoms with Crippen LogP contribution >= 0.6 is 0 Å². The van der Waals surface area contributed by atoms with Crippen LogP contribution in [0.3, 0.4) is 0 Å². The van der Waals surface area contributed by atoms with Crippen LogP contribution in [0.2, 0.25) is 0 Å². The van der Waals surface area contributed by atoms with E-state index in [-0.39, 0.29) is 0 Å². The zero-order valence-electron chi connectivity index (χ0n) is 9.33. The summed E-state index contributed by atoms with van der Waals surface area (Å²) in [6.45, 7) is 10.1. The molecule has 0 aliphatic carbocycles. The summed E-state index contributed by atoms with van der Waals surface area (Å²) in [6.07, 6.45) is 0. The van der Waals surface area contributed by atoms with Gasteiger partial charge in [0, 0.05) is 24.3 Å². The minimum Gasteiger partial charge on any atom is -0.368 e. The van der Waals surface area contributed by atoms with Crippen LogP contribution in [0.15, 0.2) is 0 Å². The van der Waals surface area contributed by atoms with Crippen LogP contribution < -0.4 is 10.6 Å². The van der Waals surface area contributed by atoms with Crippen molar-refractivity contribution in [2.45, 2.75) is 27.7 Å². The van der Waals surface area contributed by atoms with E-state index in [0.29, 0.717) is 5.95 Å². The summed E-state index contributed by atoms with van der Waals surface area (Å²) in [5.74, 6) is 1.31. The highest BCUT2D eigenvalue weighted by Gasteiger charge is 2.10. The molecule has 1 aromatic rings. The van der Waals surface area contributed by atoms with E-state index in [1.165, 1.54) is 0 Å². The SMILES string of the molecule is CCN(CC)c1nc(N)nc(C)c1C. The predicted octanol–water partition coefficient (Wildman–Crippen LogP) is 1.52. The van der Waals surface area contributed by atoms with Crippen molar-refractivity contribution in [3.8, 4) is 0 Å². The Bertz CT molecular complexity index is 318. The normalized spacial score (nSPS) is 10.3. The lowest BCUT2D eigenvalue weighted by molar-refractivity contribution is 0.833. The van der Waals surface area contributed by atoms with Gasteiger partial charge in [-0.3, -0.25) is 0 Å². The van der Waals surface area contributed by atoms with Crippen molar-refractivity contribution in [1.82, 2.24) is 9.97 Å². The Balaban J connectivity index is 3.18. The van der Waals surface area contributed by atoms with Crippen molar-refractivity contribution in [3.63, 3.8) is 0 Å². The fourth-order valence-electron chi connectivity index (χ4n) is 1.47. The second kappa shape index (κ2) is 4.26. The van der Waals surface area contributed by atoms with Gasteiger partial charge in [0.15, 0.2) is 0 Å². The van der Waals surface area contributed by atoms with Crippen LogP contribution in [0.1, 0.15) is 25.1 Å². The molecule has 0 bridgehead atoms. The number of nitrogens with two attached hydrogens (primary N) is 1. The highest BCUT2D eigenvalue weighted by atomic mass is 15.2. The molecule has 0 aliphatic rings. The van der Waals surface area contributed by atoms with E-state index < -0.39 is 0 Å². The van der Waals surface area contributed by atoms with Crippen LogP contribution in [0.5, 0.6) is 0 Å². The Kier molecular flexibility index (Phi) is 3.28. The lowest BCUT2D eigenvalue weighted by Gasteiger charge is -2.22. The van der Waals surface area contributed by atoms with Crippen molar-refractivity contribution in [1.29, 1.82) is 0 Å². The van der Waals surface area contributed by atoms with Gasteiger partial charge >= 0.3 is 0 Å². The van der Waals surface area contributed by atoms with Gasteiger partial charge in [0.25, 0.3) is 0 Å². The van der Waals surface area contributed by atoms with E-state index in [1.54, 1.807) is 0 Å². The second-order valence-electron chi connectivity index (χ2n) is 3.29. The molecular formula is C10H18N4. The van der Waals surface area contributed by atoms with Crippen LogP contribution in [-0.2, 0) is 0 Å². The van der Waals surface area contributed by atoms with Crippen molar-refractivity contribution in [2.24, 2.45) is 0 Å². The van der Waals surface area contributed by atoms with E-state index in [9.17, 15) is 0 Å². The standard InChI is InChI=1S/C10H18N4/c1-5-14(6-2)9-7(3)8(4)12-10(11)13-9/h5-6H2,1-4H3,(H2,11,12,13). The molecule has 2 N–H and O–H groups in total. The van der Waals surface area contributed by atoms with Gasteiger partial charge in [-0.2, -0.15) is 4.98 Å². The van der Waals surface area contributed by atoms with E-state index in [0.717, 1.165) is 30.2 Å². The zero-order chi connectivity index (χ0) is 10.7. The number of aromatic nitrogens is 2. The predicted molar refractivity (Wildman–Crippen MR) is 59.5 cm³/mol. The zero-order valence-corrected chi connectivity index (χ0v) is 9.33. The van der Waals surface area contributed by atoms with E-state index in [4.69, 9.17) is 5.73 Å². The summed E-state index contributed by atoms with van der Waals surface area (Å²) in [4.78, 5) is 10.6. The number of nitrogens with zero attached hydrogens (tertiary/aromatic N) is 3. The average molecular weight is 194 g/mol. The third kappa shape index (κ3) is 1.95. The third-order valence-corrected chi connectivity index (χ3v) is 2.44. The van der Waals surface area contributed by atoms with Crippen molar-refractivity contribution < 1.29 is 0 Å². The van der Waals surface area contributed by atoms with Crippen LogP contribution in [-0.4, -0.2) is 23.1 Å². The van der Waals surface area contributed by atoms with Gasteiger partial charge in [-0.25, -0.2) is 4.98 Å². The molecule has 0 aromatic carbocycles. The summed E-state index contributed by atoms with van der Waals surface area (Å²) in [5.41, 5.74) is 7.70. The first-order chi connectivity index (χ1) is 6.60. The summed E-state index contributed by atoms with van der Waals surface area (Å²) in [6, 6.07) is 0. The number of nitrogen functional groups attached to an aromatic ring is 1. The van der Waals surface area contributed by atoms with Crippen molar-refractivity contribution in [2.75, 3.05) is 23.7 Å². The van der Waals surface area contributed by atoms with E-state index in [1.807, 2.05) is 13.8 Å². The Morgan fingerprint density at radius 2 is 1.71 bits per heavy atom. The van der Waals surface area contributed by atoms with Crippen molar-refractivity contribution >= 4 is 11.8 Å². The van der Waals surface area contributed by atoms with Crippen LogP contribution in [0, 0.1) is 13.8 Å². The summed E-state index contributed by atoms with van der Waals surface area (Å²) < 4.78 is 0. The molecule has 0 amide bonds. The highest BCUT2D eigenvalue weighted by Crippen LogP contribution is 2.19. The first-order valence-electron chi connectivity index (χ1n) is 4.95. The minimum atomic E-state index is 0.356. The molecule has 0 atom stereocenters. The quantitative estimate of drug-likeness (QED) is 0.792. The number of rotatable bonds is 3. The Hall–Kier alpha value is -1.32. The van der Waals surface area contributed by atoms with Gasteiger partial charge in [0.05, 0.1) is 0 Å². The summed E-state index contributed by atoms with van der Waals surface area (Å²) in [7, 11) is 0. The average Bonchev–Trinajstić information content (AvgIpc) is 2.15. The topological polar surface area (TPSA) is 55.0 Å². The second-order valence-corrected chi connectivity index (χ2v) is 3.29. The molecule has 0 spiro atoms. The fourth-order valence-corrected chi connectivity index (χ4v) is 1.47. The number of hydrogen-bond acceptors (Lipinski definition) is 4. The molecule has 4 heteroatoms. The van der Waals surface area contributed by atoms with Crippen molar-refractivity contribution in [3.05, 3.63) is 11.3 Å². The van der Waals surface area contributed by atoms with Crippen LogP contribution in [0.4, 0.5) is 11.8 Å². The third-order valence-electron chi connectivity index (χ3n) is 2.44. The maximum atomic E-state index is 5.63. The monoisotopic (exact) mass is 194 g/mol. The van der Waals surface area contributed by atoms with Gasteiger partial charge in [-0.15, -0.1) is 0 Å². The molecule has 0 unspecified atom stereocenters. The summed E-state index contributed by atoms with van der Waals surface area (Å²) in [5, 5.41) is 0. The molecule has 1 aromatic heterocycles. The highest BCUT2D eigenvalue weighted by molar-refractivity contribution is 5.50. The number of anilines is 2. The first kappa shape index (κ1) is 10.8. The molecule has 0 fully saturated rings. The van der Waals surface area contributed by atoms with Gasteiger partial charge in [-0.1, -0.05) is 0 Å². The van der Waals surface area contributed by atoms with Gasteiger partial charge < -0.3 is 10.6 Å². The fraction of sp³-hybridized carbons (Fsp3) is 0.600. The molecule has 14 heavy (non-hydrogen) atoms. The van der Waals surface area contributed by atoms with Gasteiger partial charge in [-0.05, 0) is 27.7 Å². The maximum absolute atomic E-state index is 5.63. The molecule has 78 valence electrons. The lowest BCUT2D eigenvalue weighted by Crippen LogP contribution is -2.25. The first-order valence-corrected chi connectivity index (χ1v) is 4.95. The molecule has 0 radical (unpaired) electrons. The molecule has 4 nitrogen and oxygen atoms in total. The maximum Gasteiger partial charge on any atom is 0.222 e. The molecule has 1 rings (SSSR count). The van der Waals surface area contributed by atoms with E-state index >= 15 is 0 Å². The molecule has 0 aliphatic heterocycles. The Labute approximate surface area is 85.2 Å². The Morgan fingerprint density at radius 3 is 2.21 bits per heavy atom. The van der Waals surface area contributed by atoms with Gasteiger partial charge in [0.1, 0.15) is 5.82 Å².